The first-order chi connectivity index (χ1) is 20.6. The van der Waals surface area contributed by atoms with Crippen LogP contribution in [0, 0.1) is 29.6 Å². The van der Waals surface area contributed by atoms with E-state index in [4.69, 9.17) is 14.0 Å². The lowest BCUT2D eigenvalue weighted by molar-refractivity contribution is -0.148. The minimum Gasteiger partial charge on any atom is -0.466 e. The van der Waals surface area contributed by atoms with Gasteiger partial charge in [-0.2, -0.15) is 0 Å². The number of esters is 1. The molecular formula is C35H48NO6P. The van der Waals surface area contributed by atoms with Crippen molar-refractivity contribution in [1.29, 1.82) is 0 Å². The van der Waals surface area contributed by atoms with Crippen molar-refractivity contribution in [3.63, 3.8) is 0 Å². The normalized spacial score (nSPS) is 26.8. The molecule has 7 nitrogen and oxygen atoms in total. The molecule has 8 heteroatoms. The summed E-state index contributed by atoms with van der Waals surface area (Å²) in [6, 6.07) is 19.2. The number of hydrogen-bond acceptors (Lipinski definition) is 6. The van der Waals surface area contributed by atoms with Crippen molar-refractivity contribution in [3.8, 4) is 0 Å². The number of alkyl carbamates (subject to hydrolysis) is 1. The first-order valence-electron chi connectivity index (χ1n) is 16.1. The molecule has 0 radical (unpaired) electrons. The van der Waals surface area contributed by atoms with Gasteiger partial charge in [0, 0.05) is 12.6 Å². The molecule has 3 atom stereocenters. The second kappa shape index (κ2) is 14.0. The molecule has 0 aromatic heterocycles. The van der Waals surface area contributed by atoms with Gasteiger partial charge in [-0.25, -0.2) is 4.79 Å². The van der Waals surface area contributed by atoms with E-state index in [1.54, 1.807) is 6.92 Å². The Kier molecular flexibility index (Phi) is 10.3. The number of nitrogens with one attached hydrogen (secondary N) is 1. The summed E-state index contributed by atoms with van der Waals surface area (Å²) in [5.41, 5.74) is 1.32. The third-order valence-corrected chi connectivity index (χ3v) is 12.3. The quantitative estimate of drug-likeness (QED) is 0.173. The minimum absolute atomic E-state index is 0.0300. The number of carbonyl (C=O) groups excluding carboxylic acids is 2. The van der Waals surface area contributed by atoms with E-state index < -0.39 is 30.8 Å². The Morgan fingerprint density at radius 2 is 1.44 bits per heavy atom. The third kappa shape index (κ3) is 8.30. The monoisotopic (exact) mass is 609 g/mol. The summed E-state index contributed by atoms with van der Waals surface area (Å²) in [5, 5.41) is 2.99. The van der Waals surface area contributed by atoms with Crippen LogP contribution in [0.1, 0.15) is 76.8 Å². The minimum atomic E-state index is -3.70. The zero-order valence-electron chi connectivity index (χ0n) is 25.9. The molecule has 2 aromatic carbocycles. The topological polar surface area (TPSA) is 90.9 Å². The number of hydrogen-bond donors (Lipinski definition) is 1. The van der Waals surface area contributed by atoms with E-state index in [1.807, 2.05) is 60.7 Å². The van der Waals surface area contributed by atoms with E-state index in [2.05, 4.69) is 19.2 Å². The summed E-state index contributed by atoms with van der Waals surface area (Å²) in [7, 11) is -3.70. The summed E-state index contributed by atoms with van der Waals surface area (Å²) in [5.74, 6) is 0.164. The first kappa shape index (κ1) is 31.8. The maximum absolute atomic E-state index is 15.6. The van der Waals surface area contributed by atoms with Crippen molar-refractivity contribution < 1.29 is 28.2 Å². The maximum atomic E-state index is 15.6. The molecule has 0 heterocycles. The van der Waals surface area contributed by atoms with Gasteiger partial charge in [0.2, 0.25) is 7.37 Å². The van der Waals surface area contributed by atoms with Crippen molar-refractivity contribution in [3.05, 3.63) is 71.8 Å². The first-order valence-corrected chi connectivity index (χ1v) is 18.0. The van der Waals surface area contributed by atoms with E-state index in [0.717, 1.165) is 30.4 Å². The van der Waals surface area contributed by atoms with Crippen LogP contribution in [0.2, 0.25) is 0 Å². The average molecular weight is 610 g/mol. The predicted octanol–water partition coefficient (Wildman–Crippen LogP) is 7.97. The Labute approximate surface area is 256 Å². The number of ether oxygens (including phenoxy) is 2. The Morgan fingerprint density at radius 3 is 1.98 bits per heavy atom. The molecule has 4 saturated carbocycles. The smallest absolute Gasteiger partial charge is 0.408 e. The van der Waals surface area contributed by atoms with Crippen molar-refractivity contribution >= 4 is 19.4 Å². The Bertz CT molecular complexity index is 1230. The van der Waals surface area contributed by atoms with Gasteiger partial charge in [0.1, 0.15) is 12.4 Å². The standard InChI is InChI=1S/C35H48NO6P/c1-4-40-33(37)31(15-25(2)3)24-43(39,42-35-20-28-16-29(21-35)18-30(17-28)22-35)32(19-26-11-7-5-8-12-26)36-34(38)41-23-27-13-9-6-10-14-27/h5-14,25,28-32H,4,15-24H2,1-3H3,(H,36,38). The lowest BCUT2D eigenvalue weighted by atomic mass is 9.54. The van der Waals surface area contributed by atoms with Crippen LogP contribution < -0.4 is 5.32 Å². The number of carbonyl (C=O) groups is 2. The Hall–Kier alpha value is -2.63. The zero-order valence-corrected chi connectivity index (χ0v) is 26.8. The van der Waals surface area contributed by atoms with Crippen molar-refractivity contribution in [2.24, 2.45) is 29.6 Å². The van der Waals surface area contributed by atoms with Gasteiger partial charge in [-0.3, -0.25) is 9.36 Å². The second-order valence-electron chi connectivity index (χ2n) is 13.6. The highest BCUT2D eigenvalue weighted by molar-refractivity contribution is 7.59. The van der Waals surface area contributed by atoms with Crippen molar-refractivity contribution in [2.75, 3.05) is 12.8 Å². The molecule has 0 saturated heterocycles. The molecule has 4 fully saturated rings. The fraction of sp³-hybridized carbons (Fsp3) is 0.600. The van der Waals surface area contributed by atoms with Crippen LogP contribution in [-0.2, 0) is 36.4 Å². The van der Waals surface area contributed by atoms with Crippen LogP contribution in [0.3, 0.4) is 0 Å². The summed E-state index contributed by atoms with van der Waals surface area (Å²) < 4.78 is 33.8. The molecule has 4 aliphatic carbocycles. The molecular weight excluding hydrogens is 561 g/mol. The van der Waals surface area contributed by atoms with E-state index in [0.29, 0.717) is 30.6 Å². The van der Waals surface area contributed by atoms with Gasteiger partial charge in [-0.15, -0.1) is 0 Å². The predicted molar refractivity (Wildman–Crippen MR) is 168 cm³/mol. The van der Waals surface area contributed by atoms with Gasteiger partial charge in [-0.1, -0.05) is 74.5 Å². The molecule has 6 rings (SSSR count). The van der Waals surface area contributed by atoms with Gasteiger partial charge >= 0.3 is 12.1 Å². The summed E-state index contributed by atoms with van der Waals surface area (Å²) in [4.78, 5) is 26.6. The fourth-order valence-corrected chi connectivity index (χ4v) is 11.1. The SMILES string of the molecule is CCOC(=O)C(CC(C)C)CP(=O)(OC12CC3CC(CC(C3)C1)C2)C(Cc1ccccc1)NC(=O)OCc1ccccc1. The molecule has 4 aliphatic rings. The second-order valence-corrected chi connectivity index (χ2v) is 16.2. The van der Waals surface area contributed by atoms with Crippen LogP contribution in [0.25, 0.3) is 0 Å². The maximum Gasteiger partial charge on any atom is 0.408 e. The van der Waals surface area contributed by atoms with Crippen LogP contribution in [0.5, 0.6) is 0 Å². The lowest BCUT2D eigenvalue weighted by Crippen LogP contribution is -2.52. The van der Waals surface area contributed by atoms with Crippen molar-refractivity contribution in [1.82, 2.24) is 5.32 Å². The van der Waals surface area contributed by atoms with Crippen molar-refractivity contribution in [2.45, 2.75) is 90.1 Å². The van der Waals surface area contributed by atoms with Crippen LogP contribution in [0.15, 0.2) is 60.7 Å². The van der Waals surface area contributed by atoms with E-state index in [1.165, 1.54) is 19.3 Å². The molecule has 0 spiro atoms. The highest BCUT2D eigenvalue weighted by Gasteiger charge is 2.56. The number of benzene rings is 2. The van der Waals surface area contributed by atoms with E-state index >= 15 is 4.57 Å². The highest BCUT2D eigenvalue weighted by Crippen LogP contribution is 2.65. The largest absolute Gasteiger partial charge is 0.466 e. The van der Waals surface area contributed by atoms with Gasteiger partial charge in [-0.05, 0) is 86.7 Å². The van der Waals surface area contributed by atoms with Crippen LogP contribution >= 0.6 is 7.37 Å². The van der Waals surface area contributed by atoms with Gasteiger partial charge in [0.15, 0.2) is 0 Å². The fourth-order valence-electron chi connectivity index (χ4n) is 8.11. The van der Waals surface area contributed by atoms with E-state index in [-0.39, 0.29) is 31.3 Å². The molecule has 4 bridgehead atoms. The third-order valence-electron chi connectivity index (χ3n) is 9.42. The molecule has 2 aromatic rings. The molecule has 1 N–H and O–H groups in total. The lowest BCUT2D eigenvalue weighted by Gasteiger charge is -2.57. The average Bonchev–Trinajstić information content (AvgIpc) is 2.95. The van der Waals surface area contributed by atoms with E-state index in [9.17, 15) is 9.59 Å². The van der Waals surface area contributed by atoms with Gasteiger partial charge < -0.3 is 19.3 Å². The van der Waals surface area contributed by atoms with Crippen LogP contribution in [0.4, 0.5) is 4.79 Å². The van der Waals surface area contributed by atoms with Gasteiger partial charge in [0.25, 0.3) is 0 Å². The summed E-state index contributed by atoms with van der Waals surface area (Å²) in [6.45, 7) is 6.25. The zero-order chi connectivity index (χ0) is 30.5. The van der Waals surface area contributed by atoms with Crippen LogP contribution in [-0.4, -0.2) is 36.2 Å². The van der Waals surface area contributed by atoms with Gasteiger partial charge in [0.05, 0.1) is 18.1 Å². The Morgan fingerprint density at radius 1 is 0.884 bits per heavy atom. The highest BCUT2D eigenvalue weighted by atomic mass is 31.2. The molecule has 3 unspecified atom stereocenters. The molecule has 1 amide bonds. The number of amides is 1. The summed E-state index contributed by atoms with van der Waals surface area (Å²) >= 11 is 0. The number of rotatable bonds is 14. The molecule has 0 aliphatic heterocycles. The molecule has 43 heavy (non-hydrogen) atoms. The Balaban J connectivity index is 1.47. The summed E-state index contributed by atoms with van der Waals surface area (Å²) in [6.07, 6.45) is 6.59. The molecule has 234 valence electrons.